The van der Waals surface area contributed by atoms with Gasteiger partial charge >= 0.3 is 0 Å². The van der Waals surface area contributed by atoms with Crippen LogP contribution in [-0.4, -0.2) is 18.4 Å². The van der Waals surface area contributed by atoms with Gasteiger partial charge in [-0.15, -0.1) is 0 Å². The average molecular weight is 390 g/mol. The number of halogens is 1. The first kappa shape index (κ1) is 18.7. The summed E-state index contributed by atoms with van der Waals surface area (Å²) in [5.74, 6) is -1.07. The number of nitrogens with zero attached hydrogens (tertiary/aromatic N) is 1. The van der Waals surface area contributed by atoms with E-state index in [1.807, 2.05) is 42.5 Å². The van der Waals surface area contributed by atoms with Crippen LogP contribution in [0.25, 0.3) is 0 Å². The van der Waals surface area contributed by atoms with E-state index in [0.717, 1.165) is 0 Å². The lowest BCUT2D eigenvalue weighted by Crippen LogP contribution is -2.33. The molecule has 0 bridgehead atoms. The molecule has 0 spiro atoms. The number of rotatable bonds is 5. The lowest BCUT2D eigenvalue weighted by molar-refractivity contribution is -0.129. The minimum atomic E-state index is -0.876. The van der Waals surface area contributed by atoms with Crippen LogP contribution in [0.2, 0.25) is 0 Å². The third kappa shape index (κ3) is 3.96. The Balaban J connectivity index is 1.52. The highest BCUT2D eigenvalue weighted by molar-refractivity contribution is 6.13. The molecule has 1 aliphatic rings. The Bertz CT molecular complexity index is 1040. The molecule has 29 heavy (non-hydrogen) atoms. The van der Waals surface area contributed by atoms with Gasteiger partial charge in [-0.3, -0.25) is 9.59 Å². The predicted octanol–water partition coefficient (Wildman–Crippen LogP) is 4.61. The second-order valence-corrected chi connectivity index (χ2v) is 6.68. The van der Waals surface area contributed by atoms with Gasteiger partial charge in [0.05, 0.1) is 11.4 Å². The maximum absolute atomic E-state index is 13.8. The van der Waals surface area contributed by atoms with Gasteiger partial charge in [0.2, 0.25) is 11.8 Å². The van der Waals surface area contributed by atoms with E-state index in [9.17, 15) is 14.0 Å². The zero-order chi connectivity index (χ0) is 20.2. The number of benzene rings is 3. The molecule has 4 rings (SSSR count). The molecule has 1 saturated heterocycles. The third-order valence-electron chi connectivity index (χ3n) is 4.78. The highest BCUT2D eigenvalue weighted by Gasteiger charge is 2.38. The number of amides is 2. The van der Waals surface area contributed by atoms with E-state index < -0.39 is 17.6 Å². The van der Waals surface area contributed by atoms with Crippen LogP contribution in [0.3, 0.4) is 0 Å². The Morgan fingerprint density at radius 3 is 2.45 bits per heavy atom. The van der Waals surface area contributed by atoms with E-state index in [1.165, 1.54) is 18.2 Å². The minimum Gasteiger partial charge on any atom is -0.455 e. The van der Waals surface area contributed by atoms with Crippen molar-refractivity contribution in [1.82, 2.24) is 0 Å². The summed E-state index contributed by atoms with van der Waals surface area (Å²) < 4.78 is 19.7. The Morgan fingerprint density at radius 2 is 1.66 bits per heavy atom. The van der Waals surface area contributed by atoms with E-state index in [-0.39, 0.29) is 11.6 Å². The summed E-state index contributed by atoms with van der Waals surface area (Å²) in [7, 11) is 0. The van der Waals surface area contributed by atoms with Gasteiger partial charge in [-0.2, -0.15) is 0 Å². The Hall–Kier alpha value is -3.67. The fourth-order valence-corrected chi connectivity index (χ4v) is 3.33. The summed E-state index contributed by atoms with van der Waals surface area (Å²) in [4.78, 5) is 27.1. The smallest absolute Gasteiger partial charge is 0.239 e. The second kappa shape index (κ2) is 8.14. The molecule has 1 N–H and O–H groups in total. The van der Waals surface area contributed by atoms with Crippen molar-refractivity contribution >= 4 is 23.2 Å². The van der Waals surface area contributed by atoms with Crippen LogP contribution in [0.4, 0.5) is 15.8 Å². The molecular formula is C23H19FN2O3. The van der Waals surface area contributed by atoms with Gasteiger partial charge < -0.3 is 15.0 Å². The Kier molecular flexibility index (Phi) is 5.24. The quantitative estimate of drug-likeness (QED) is 0.647. The van der Waals surface area contributed by atoms with Crippen molar-refractivity contribution in [3.8, 4) is 11.5 Å². The maximum atomic E-state index is 13.8. The predicted molar refractivity (Wildman–Crippen MR) is 108 cm³/mol. The molecule has 3 aromatic rings. The van der Waals surface area contributed by atoms with E-state index in [4.69, 9.17) is 4.74 Å². The molecule has 5 nitrogen and oxygen atoms in total. The molecule has 1 atom stereocenters. The number of nitrogens with one attached hydrogen (secondary N) is 1. The largest absolute Gasteiger partial charge is 0.455 e. The van der Waals surface area contributed by atoms with E-state index >= 15 is 0 Å². The summed E-state index contributed by atoms with van der Waals surface area (Å²) in [6.45, 7) is 0.378. The summed E-state index contributed by atoms with van der Waals surface area (Å²) in [6, 6.07) is 22.4. The maximum Gasteiger partial charge on any atom is 0.239 e. The van der Waals surface area contributed by atoms with Crippen LogP contribution < -0.4 is 15.0 Å². The van der Waals surface area contributed by atoms with E-state index in [2.05, 4.69) is 5.32 Å². The molecule has 0 aliphatic carbocycles. The van der Waals surface area contributed by atoms with Crippen molar-refractivity contribution in [2.75, 3.05) is 16.8 Å². The average Bonchev–Trinajstić information content (AvgIpc) is 3.12. The van der Waals surface area contributed by atoms with Gasteiger partial charge in [0.15, 0.2) is 5.75 Å². The molecule has 0 aromatic heterocycles. The molecule has 1 fully saturated rings. The number of ether oxygens (including phenoxy) is 1. The molecule has 0 saturated carbocycles. The van der Waals surface area contributed by atoms with Crippen LogP contribution in [-0.2, 0) is 9.59 Å². The number of carbonyl (C=O) groups is 2. The number of anilines is 2. The van der Waals surface area contributed by atoms with Crippen LogP contribution in [0.15, 0.2) is 78.9 Å². The fourth-order valence-electron chi connectivity index (χ4n) is 3.33. The molecule has 1 unspecified atom stereocenters. The molecule has 2 amide bonds. The highest BCUT2D eigenvalue weighted by Crippen LogP contribution is 2.36. The van der Waals surface area contributed by atoms with Crippen LogP contribution >= 0.6 is 0 Å². The van der Waals surface area contributed by atoms with Crippen molar-refractivity contribution in [3.63, 3.8) is 0 Å². The molecule has 1 aliphatic heterocycles. The van der Waals surface area contributed by atoms with Crippen LogP contribution in [0, 0.1) is 11.7 Å². The van der Waals surface area contributed by atoms with E-state index in [1.54, 1.807) is 23.1 Å². The minimum absolute atomic E-state index is 0.0663. The van der Waals surface area contributed by atoms with Crippen molar-refractivity contribution in [2.45, 2.75) is 6.42 Å². The first-order chi connectivity index (χ1) is 14.1. The number of carbonyl (C=O) groups excluding carboxylic acids is 2. The standard InChI is InChI=1S/C23H19FN2O3/c24-18-10-4-5-11-19(18)25-22(27)17-14-15-26(23(17)28)20-12-6-7-13-21(20)29-16-8-2-1-3-9-16/h1-13,17H,14-15H2,(H,25,27). The topological polar surface area (TPSA) is 58.6 Å². The van der Waals surface area contributed by atoms with Gasteiger partial charge in [-0.25, -0.2) is 4.39 Å². The van der Waals surface area contributed by atoms with Crippen molar-refractivity contribution in [2.24, 2.45) is 5.92 Å². The van der Waals surface area contributed by atoms with Crippen molar-refractivity contribution in [1.29, 1.82) is 0 Å². The number of hydrogen-bond acceptors (Lipinski definition) is 3. The monoisotopic (exact) mass is 390 g/mol. The van der Waals surface area contributed by atoms with E-state index in [0.29, 0.717) is 30.2 Å². The van der Waals surface area contributed by atoms with Crippen molar-refractivity contribution in [3.05, 3.63) is 84.7 Å². The first-order valence-corrected chi connectivity index (χ1v) is 9.32. The van der Waals surface area contributed by atoms with Gasteiger partial charge in [-0.05, 0) is 42.8 Å². The van der Waals surface area contributed by atoms with Crippen molar-refractivity contribution < 1.29 is 18.7 Å². The molecule has 6 heteroatoms. The Morgan fingerprint density at radius 1 is 0.966 bits per heavy atom. The molecular weight excluding hydrogens is 371 g/mol. The van der Waals surface area contributed by atoms with Gasteiger partial charge in [0, 0.05) is 6.54 Å². The highest BCUT2D eigenvalue weighted by atomic mass is 19.1. The normalized spacial score (nSPS) is 16.0. The number of hydrogen-bond donors (Lipinski definition) is 1. The van der Waals surface area contributed by atoms with Crippen LogP contribution in [0.5, 0.6) is 11.5 Å². The summed E-state index contributed by atoms with van der Waals surface area (Å²) in [5, 5.41) is 2.52. The lowest BCUT2D eigenvalue weighted by Gasteiger charge is -2.20. The van der Waals surface area contributed by atoms with Gasteiger partial charge in [0.1, 0.15) is 17.5 Å². The zero-order valence-corrected chi connectivity index (χ0v) is 15.5. The lowest BCUT2D eigenvalue weighted by atomic mass is 10.1. The van der Waals surface area contributed by atoms with Crippen LogP contribution in [0.1, 0.15) is 6.42 Å². The summed E-state index contributed by atoms with van der Waals surface area (Å²) >= 11 is 0. The second-order valence-electron chi connectivity index (χ2n) is 6.68. The molecule has 0 radical (unpaired) electrons. The first-order valence-electron chi connectivity index (χ1n) is 9.32. The molecule has 146 valence electrons. The zero-order valence-electron chi connectivity index (χ0n) is 15.5. The molecule has 3 aromatic carbocycles. The summed E-state index contributed by atoms with van der Waals surface area (Å²) in [5.41, 5.74) is 0.666. The fraction of sp³-hybridized carbons (Fsp3) is 0.130. The third-order valence-corrected chi connectivity index (χ3v) is 4.78. The molecule has 1 heterocycles. The summed E-state index contributed by atoms with van der Waals surface area (Å²) in [6.07, 6.45) is 0.346. The van der Waals surface area contributed by atoms with Gasteiger partial charge in [-0.1, -0.05) is 42.5 Å². The SMILES string of the molecule is O=C(Nc1ccccc1F)C1CCN(c2ccccc2Oc2ccccc2)C1=O. The van der Waals surface area contributed by atoms with Gasteiger partial charge in [0.25, 0.3) is 0 Å². The Labute approximate surface area is 167 Å². The number of para-hydroxylation sites is 4.